The van der Waals surface area contributed by atoms with Gasteiger partial charge in [0.2, 0.25) is 5.91 Å². The topological polar surface area (TPSA) is 85.1 Å². The second kappa shape index (κ2) is 8.56. The van der Waals surface area contributed by atoms with Crippen molar-refractivity contribution >= 4 is 28.8 Å². The Bertz CT molecular complexity index is 1420. The smallest absolute Gasteiger partial charge is 0.228 e. The minimum Gasteiger partial charge on any atom is -0.326 e. The fourth-order valence-electron chi connectivity index (χ4n) is 3.40. The average Bonchev–Trinajstić information content (AvgIpc) is 3.25. The summed E-state index contributed by atoms with van der Waals surface area (Å²) < 4.78 is 1.70. The lowest BCUT2D eigenvalue weighted by Crippen LogP contribution is -2.14. The van der Waals surface area contributed by atoms with Crippen LogP contribution in [0.1, 0.15) is 5.56 Å². The van der Waals surface area contributed by atoms with E-state index in [1.165, 1.54) is 0 Å². The molecule has 156 valence electrons. The minimum absolute atomic E-state index is 0.141. The Labute approximate surface area is 188 Å². The molecular formula is C24H17ClN6O. The molecule has 3 aromatic heterocycles. The number of rotatable bonds is 5. The Morgan fingerprint density at radius 1 is 0.906 bits per heavy atom. The van der Waals surface area contributed by atoms with Crippen molar-refractivity contribution in [3.05, 3.63) is 95.8 Å². The third kappa shape index (κ3) is 4.06. The van der Waals surface area contributed by atoms with Crippen LogP contribution in [0.3, 0.4) is 0 Å². The summed E-state index contributed by atoms with van der Waals surface area (Å²) in [5, 5.41) is 16.7. The molecule has 3 heterocycles. The summed E-state index contributed by atoms with van der Waals surface area (Å²) in [7, 11) is 0. The molecule has 1 amide bonds. The number of hydrogen-bond donors (Lipinski definition) is 1. The molecule has 32 heavy (non-hydrogen) atoms. The maximum Gasteiger partial charge on any atom is 0.228 e. The van der Waals surface area contributed by atoms with Crippen molar-refractivity contribution in [1.82, 2.24) is 24.8 Å². The van der Waals surface area contributed by atoms with Gasteiger partial charge in [-0.1, -0.05) is 41.9 Å². The van der Waals surface area contributed by atoms with Crippen LogP contribution in [0.15, 0.2) is 85.2 Å². The molecule has 0 aliphatic rings. The first-order valence-corrected chi connectivity index (χ1v) is 10.3. The second-order valence-electron chi connectivity index (χ2n) is 7.15. The summed E-state index contributed by atoms with van der Waals surface area (Å²) in [6, 6.07) is 22.3. The molecule has 0 aliphatic heterocycles. The zero-order chi connectivity index (χ0) is 21.9. The molecule has 7 nitrogen and oxygen atoms in total. The molecule has 5 rings (SSSR count). The first kappa shape index (κ1) is 19.8. The fourth-order valence-corrected chi connectivity index (χ4v) is 3.60. The molecule has 0 aliphatic carbocycles. The van der Waals surface area contributed by atoms with Crippen molar-refractivity contribution < 1.29 is 4.79 Å². The first-order valence-electron chi connectivity index (χ1n) is 9.94. The lowest BCUT2D eigenvalue weighted by Gasteiger charge is -2.09. The molecule has 0 bridgehead atoms. The van der Waals surface area contributed by atoms with E-state index in [9.17, 15) is 4.79 Å². The predicted octanol–water partition coefficient (Wildman–Crippen LogP) is 4.69. The van der Waals surface area contributed by atoms with Crippen LogP contribution in [0.2, 0.25) is 5.02 Å². The highest BCUT2D eigenvalue weighted by atomic mass is 35.5. The number of aromatic nitrogens is 5. The van der Waals surface area contributed by atoms with Gasteiger partial charge in [-0.3, -0.25) is 9.78 Å². The third-order valence-corrected chi connectivity index (χ3v) is 5.32. The number of nitrogens with zero attached hydrogens (tertiary/aromatic N) is 5. The van der Waals surface area contributed by atoms with Gasteiger partial charge < -0.3 is 5.32 Å². The molecule has 0 fully saturated rings. The van der Waals surface area contributed by atoms with Crippen LogP contribution < -0.4 is 5.32 Å². The quantitative estimate of drug-likeness (QED) is 0.428. The van der Waals surface area contributed by atoms with Gasteiger partial charge in [-0.05, 0) is 48.0 Å². The highest BCUT2D eigenvalue weighted by Gasteiger charge is 2.12. The lowest BCUT2D eigenvalue weighted by molar-refractivity contribution is -0.115. The van der Waals surface area contributed by atoms with E-state index in [0.717, 1.165) is 22.4 Å². The maximum atomic E-state index is 12.5. The van der Waals surface area contributed by atoms with E-state index in [0.29, 0.717) is 22.2 Å². The van der Waals surface area contributed by atoms with Gasteiger partial charge in [-0.15, -0.1) is 10.2 Å². The number of hydrogen-bond acceptors (Lipinski definition) is 5. The molecule has 0 spiro atoms. The van der Waals surface area contributed by atoms with Crippen molar-refractivity contribution in [2.45, 2.75) is 6.42 Å². The lowest BCUT2D eigenvalue weighted by atomic mass is 10.1. The zero-order valence-electron chi connectivity index (χ0n) is 16.8. The normalized spacial score (nSPS) is 10.9. The number of nitrogens with one attached hydrogen (secondary N) is 1. The molecule has 5 aromatic rings. The van der Waals surface area contributed by atoms with E-state index >= 15 is 0 Å². The van der Waals surface area contributed by atoms with Crippen molar-refractivity contribution in [3.63, 3.8) is 0 Å². The average molecular weight is 441 g/mol. The predicted molar refractivity (Wildman–Crippen MR) is 123 cm³/mol. The van der Waals surface area contributed by atoms with E-state index < -0.39 is 0 Å². The maximum absolute atomic E-state index is 12.5. The van der Waals surface area contributed by atoms with Crippen LogP contribution in [0, 0.1) is 0 Å². The number of anilines is 1. The molecule has 0 saturated heterocycles. The first-order chi connectivity index (χ1) is 15.7. The highest BCUT2D eigenvalue weighted by molar-refractivity contribution is 6.31. The van der Waals surface area contributed by atoms with Crippen LogP contribution in [0.5, 0.6) is 0 Å². The molecule has 0 saturated carbocycles. The molecule has 8 heteroatoms. The fraction of sp³-hybridized carbons (Fsp3) is 0.0417. The Kier molecular flexibility index (Phi) is 5.31. The molecule has 1 N–H and O–H groups in total. The van der Waals surface area contributed by atoms with Gasteiger partial charge in [0.15, 0.2) is 11.5 Å². The summed E-state index contributed by atoms with van der Waals surface area (Å²) >= 11 is 6.17. The van der Waals surface area contributed by atoms with Gasteiger partial charge in [0, 0.05) is 34.2 Å². The summed E-state index contributed by atoms with van der Waals surface area (Å²) in [5.74, 6) is 0.492. The van der Waals surface area contributed by atoms with Crippen LogP contribution in [0.4, 0.5) is 5.69 Å². The molecule has 2 aromatic carbocycles. The number of benzene rings is 2. The van der Waals surface area contributed by atoms with Crippen molar-refractivity contribution in [2.75, 3.05) is 5.32 Å². The number of amides is 1. The van der Waals surface area contributed by atoms with Crippen molar-refractivity contribution in [2.24, 2.45) is 0 Å². The van der Waals surface area contributed by atoms with E-state index in [1.54, 1.807) is 23.0 Å². The Balaban J connectivity index is 1.41. The van der Waals surface area contributed by atoms with E-state index in [4.69, 9.17) is 16.7 Å². The van der Waals surface area contributed by atoms with Crippen molar-refractivity contribution in [3.8, 4) is 22.6 Å². The van der Waals surface area contributed by atoms with Gasteiger partial charge in [-0.2, -0.15) is 9.61 Å². The summed E-state index contributed by atoms with van der Waals surface area (Å²) in [4.78, 5) is 16.6. The van der Waals surface area contributed by atoms with Crippen LogP contribution in [-0.4, -0.2) is 30.7 Å². The summed E-state index contributed by atoms with van der Waals surface area (Å²) in [6.07, 6.45) is 3.61. The largest absolute Gasteiger partial charge is 0.326 e. The molecular weight excluding hydrogens is 424 g/mol. The van der Waals surface area contributed by atoms with Gasteiger partial charge in [-0.25, -0.2) is 0 Å². The van der Waals surface area contributed by atoms with E-state index in [2.05, 4.69) is 20.5 Å². The highest BCUT2D eigenvalue weighted by Crippen LogP contribution is 2.24. The number of halogens is 1. The van der Waals surface area contributed by atoms with Crippen LogP contribution >= 0.6 is 11.6 Å². The standard InChI is InChI=1S/C24H17ClN6O/c25-20-7-2-1-4-17(20)15-23(32)27-19-6-3-5-18(14-19)21-8-9-22-28-29-24(31(22)30-21)16-10-12-26-13-11-16/h1-14H,15H2,(H,27,32). The number of carbonyl (C=O) groups is 1. The van der Waals surface area contributed by atoms with Gasteiger partial charge in [0.25, 0.3) is 0 Å². The number of pyridine rings is 1. The second-order valence-corrected chi connectivity index (χ2v) is 7.55. The van der Waals surface area contributed by atoms with E-state index in [-0.39, 0.29) is 12.3 Å². The van der Waals surface area contributed by atoms with Crippen LogP contribution in [0.25, 0.3) is 28.3 Å². The number of carbonyl (C=O) groups excluding carboxylic acids is 1. The Morgan fingerprint density at radius 3 is 2.59 bits per heavy atom. The monoisotopic (exact) mass is 440 g/mol. The number of fused-ring (bicyclic) bond motifs is 1. The Hall–Kier alpha value is -4.10. The molecule has 0 radical (unpaired) electrons. The van der Waals surface area contributed by atoms with Gasteiger partial charge in [0.1, 0.15) is 0 Å². The van der Waals surface area contributed by atoms with Gasteiger partial charge >= 0.3 is 0 Å². The summed E-state index contributed by atoms with van der Waals surface area (Å²) in [6.45, 7) is 0. The molecule has 0 unspecified atom stereocenters. The zero-order valence-corrected chi connectivity index (χ0v) is 17.6. The van der Waals surface area contributed by atoms with Gasteiger partial charge in [0.05, 0.1) is 12.1 Å². The third-order valence-electron chi connectivity index (χ3n) is 4.95. The van der Waals surface area contributed by atoms with Crippen LogP contribution in [-0.2, 0) is 11.2 Å². The van der Waals surface area contributed by atoms with Crippen molar-refractivity contribution in [1.29, 1.82) is 0 Å². The van der Waals surface area contributed by atoms with E-state index in [1.807, 2.05) is 66.7 Å². The Morgan fingerprint density at radius 2 is 1.75 bits per heavy atom. The SMILES string of the molecule is O=C(Cc1ccccc1Cl)Nc1cccc(-c2ccc3nnc(-c4ccncc4)n3n2)c1. The minimum atomic E-state index is -0.141. The molecule has 0 atom stereocenters. The summed E-state index contributed by atoms with van der Waals surface area (Å²) in [5.41, 5.74) is 4.57.